The first-order valence-corrected chi connectivity index (χ1v) is 6.55. The fourth-order valence-corrected chi connectivity index (χ4v) is 2.44. The molecule has 92 valence electrons. The van der Waals surface area contributed by atoms with Gasteiger partial charge in [0.05, 0.1) is 5.88 Å². The number of fused-ring (bicyclic) bond motifs is 1. The number of nitrogens with zero attached hydrogens (tertiary/aromatic N) is 2. The standard InChI is InChI=1S/C14H13ClN2O/c15-7-12-8-16-9-17-14(12)18-13-5-4-10-2-1-3-11(10)6-13/h4-6,8-9H,1-3,7H2. The minimum atomic E-state index is 0.348. The highest BCUT2D eigenvalue weighted by atomic mass is 35.5. The molecule has 1 aromatic heterocycles. The number of rotatable bonds is 3. The molecule has 1 aliphatic rings. The third-order valence-corrected chi connectivity index (χ3v) is 3.46. The molecule has 0 unspecified atom stereocenters. The Morgan fingerprint density at radius 2 is 2.11 bits per heavy atom. The Balaban J connectivity index is 1.88. The lowest BCUT2D eigenvalue weighted by Gasteiger charge is -2.09. The maximum absolute atomic E-state index is 5.83. The molecule has 1 aliphatic carbocycles. The Bertz CT molecular complexity index is 571. The molecule has 0 amide bonds. The van der Waals surface area contributed by atoms with Crippen molar-refractivity contribution in [3.8, 4) is 11.6 Å². The number of aromatic nitrogens is 2. The average Bonchev–Trinajstić information content (AvgIpc) is 2.87. The zero-order chi connectivity index (χ0) is 12.4. The maximum Gasteiger partial charge on any atom is 0.226 e. The van der Waals surface area contributed by atoms with Crippen LogP contribution in [0.25, 0.3) is 0 Å². The van der Waals surface area contributed by atoms with Gasteiger partial charge < -0.3 is 4.74 Å². The van der Waals surface area contributed by atoms with Crippen LogP contribution in [0.1, 0.15) is 23.1 Å². The minimum absolute atomic E-state index is 0.348. The Morgan fingerprint density at radius 1 is 1.22 bits per heavy atom. The van der Waals surface area contributed by atoms with Crippen LogP contribution in [-0.2, 0) is 18.7 Å². The topological polar surface area (TPSA) is 35.0 Å². The molecule has 3 rings (SSSR count). The van der Waals surface area contributed by atoms with Crippen LogP contribution in [0, 0.1) is 0 Å². The van der Waals surface area contributed by atoms with E-state index in [2.05, 4.69) is 22.1 Å². The lowest BCUT2D eigenvalue weighted by atomic mass is 10.1. The highest BCUT2D eigenvalue weighted by Crippen LogP contribution is 2.29. The van der Waals surface area contributed by atoms with Gasteiger partial charge in [-0.05, 0) is 42.5 Å². The van der Waals surface area contributed by atoms with E-state index in [-0.39, 0.29) is 0 Å². The molecule has 0 atom stereocenters. The number of halogens is 1. The third kappa shape index (κ3) is 2.18. The second-order valence-corrected chi connectivity index (χ2v) is 4.64. The van der Waals surface area contributed by atoms with Gasteiger partial charge in [0.15, 0.2) is 0 Å². The van der Waals surface area contributed by atoms with Gasteiger partial charge in [0, 0.05) is 11.8 Å². The van der Waals surface area contributed by atoms with Gasteiger partial charge in [0.25, 0.3) is 0 Å². The molecule has 1 heterocycles. The number of hydrogen-bond donors (Lipinski definition) is 0. The summed E-state index contributed by atoms with van der Waals surface area (Å²) in [7, 11) is 0. The van der Waals surface area contributed by atoms with Gasteiger partial charge in [-0.15, -0.1) is 11.6 Å². The van der Waals surface area contributed by atoms with E-state index in [1.165, 1.54) is 30.3 Å². The Kier molecular flexibility index (Phi) is 3.15. The highest BCUT2D eigenvalue weighted by Gasteiger charge is 2.12. The van der Waals surface area contributed by atoms with Gasteiger partial charge in [0.1, 0.15) is 12.1 Å². The maximum atomic E-state index is 5.83. The summed E-state index contributed by atoms with van der Waals surface area (Å²) in [5.41, 5.74) is 3.62. The molecule has 0 N–H and O–H groups in total. The number of alkyl halides is 1. The molecule has 0 saturated carbocycles. The van der Waals surface area contributed by atoms with Crippen molar-refractivity contribution < 1.29 is 4.74 Å². The molecule has 0 bridgehead atoms. The molecule has 4 heteroatoms. The molecule has 0 spiro atoms. The Hall–Kier alpha value is -1.61. The van der Waals surface area contributed by atoms with E-state index in [9.17, 15) is 0 Å². The summed E-state index contributed by atoms with van der Waals surface area (Å²) in [5, 5.41) is 0. The SMILES string of the molecule is ClCc1cncnc1Oc1ccc2c(c1)CCC2. The second-order valence-electron chi connectivity index (χ2n) is 4.37. The summed E-state index contributed by atoms with van der Waals surface area (Å²) in [4.78, 5) is 8.06. The molecule has 0 radical (unpaired) electrons. The average molecular weight is 261 g/mol. The highest BCUT2D eigenvalue weighted by molar-refractivity contribution is 6.17. The summed E-state index contributed by atoms with van der Waals surface area (Å²) in [5.74, 6) is 1.71. The van der Waals surface area contributed by atoms with Crippen molar-refractivity contribution in [3.05, 3.63) is 47.4 Å². The van der Waals surface area contributed by atoms with Gasteiger partial charge >= 0.3 is 0 Å². The summed E-state index contributed by atoms with van der Waals surface area (Å²) in [6, 6.07) is 6.23. The monoisotopic (exact) mass is 260 g/mol. The third-order valence-electron chi connectivity index (χ3n) is 3.18. The molecular weight excluding hydrogens is 248 g/mol. The lowest BCUT2D eigenvalue weighted by molar-refractivity contribution is 0.456. The molecule has 0 aliphatic heterocycles. The molecule has 2 aromatic rings. The van der Waals surface area contributed by atoms with E-state index >= 15 is 0 Å². The first-order chi connectivity index (χ1) is 8.86. The largest absolute Gasteiger partial charge is 0.439 e. The molecule has 18 heavy (non-hydrogen) atoms. The number of ether oxygens (including phenoxy) is 1. The molecule has 0 saturated heterocycles. The lowest BCUT2D eigenvalue weighted by Crippen LogP contribution is -1.95. The van der Waals surface area contributed by atoms with Crippen LogP contribution in [0.4, 0.5) is 0 Å². The van der Waals surface area contributed by atoms with Gasteiger partial charge in [-0.1, -0.05) is 6.07 Å². The fraction of sp³-hybridized carbons (Fsp3) is 0.286. The van der Waals surface area contributed by atoms with Crippen molar-refractivity contribution in [2.45, 2.75) is 25.1 Å². The predicted octanol–water partition coefficient (Wildman–Crippen LogP) is 3.50. The number of benzene rings is 1. The first-order valence-electron chi connectivity index (χ1n) is 6.01. The van der Waals surface area contributed by atoms with Crippen LogP contribution in [0.5, 0.6) is 11.6 Å². The van der Waals surface area contributed by atoms with E-state index in [0.29, 0.717) is 11.8 Å². The minimum Gasteiger partial charge on any atom is -0.439 e. The molecule has 1 aromatic carbocycles. The summed E-state index contributed by atoms with van der Waals surface area (Å²) >= 11 is 5.83. The summed E-state index contributed by atoms with van der Waals surface area (Å²) in [6.45, 7) is 0. The van der Waals surface area contributed by atoms with Crippen LogP contribution in [0.3, 0.4) is 0 Å². The van der Waals surface area contributed by atoms with Crippen molar-refractivity contribution in [2.75, 3.05) is 0 Å². The van der Waals surface area contributed by atoms with Crippen LogP contribution < -0.4 is 4.74 Å². The summed E-state index contributed by atoms with van der Waals surface area (Å²) in [6.07, 6.45) is 6.70. The fourth-order valence-electron chi connectivity index (χ4n) is 2.25. The van der Waals surface area contributed by atoms with Gasteiger partial charge in [-0.25, -0.2) is 9.97 Å². The van der Waals surface area contributed by atoms with Crippen LogP contribution in [-0.4, -0.2) is 9.97 Å². The van der Waals surface area contributed by atoms with Crippen molar-refractivity contribution in [2.24, 2.45) is 0 Å². The van der Waals surface area contributed by atoms with Crippen molar-refractivity contribution in [3.63, 3.8) is 0 Å². The number of hydrogen-bond acceptors (Lipinski definition) is 3. The quantitative estimate of drug-likeness (QED) is 0.793. The zero-order valence-electron chi connectivity index (χ0n) is 9.90. The Labute approximate surface area is 111 Å². The predicted molar refractivity (Wildman–Crippen MR) is 70.1 cm³/mol. The van der Waals surface area contributed by atoms with E-state index in [1.807, 2.05) is 6.07 Å². The van der Waals surface area contributed by atoms with Gasteiger partial charge in [-0.3, -0.25) is 0 Å². The van der Waals surface area contributed by atoms with Crippen molar-refractivity contribution in [1.29, 1.82) is 0 Å². The van der Waals surface area contributed by atoms with Crippen molar-refractivity contribution >= 4 is 11.6 Å². The van der Waals surface area contributed by atoms with Crippen molar-refractivity contribution in [1.82, 2.24) is 9.97 Å². The Morgan fingerprint density at radius 3 is 3.00 bits per heavy atom. The van der Waals surface area contributed by atoms with Gasteiger partial charge in [-0.2, -0.15) is 0 Å². The van der Waals surface area contributed by atoms with E-state index in [0.717, 1.165) is 17.7 Å². The smallest absolute Gasteiger partial charge is 0.226 e. The molecular formula is C14H13ClN2O. The zero-order valence-corrected chi connectivity index (χ0v) is 10.7. The normalized spacial score (nSPS) is 13.4. The van der Waals surface area contributed by atoms with Crippen LogP contribution >= 0.6 is 11.6 Å². The molecule has 3 nitrogen and oxygen atoms in total. The second kappa shape index (κ2) is 4.94. The van der Waals surface area contributed by atoms with Gasteiger partial charge in [0.2, 0.25) is 5.88 Å². The van der Waals surface area contributed by atoms with Crippen LogP contribution in [0.15, 0.2) is 30.7 Å². The van der Waals surface area contributed by atoms with Crippen LogP contribution in [0.2, 0.25) is 0 Å². The van der Waals surface area contributed by atoms with E-state index in [4.69, 9.17) is 16.3 Å². The first kappa shape index (κ1) is 11.5. The van der Waals surface area contributed by atoms with E-state index in [1.54, 1.807) is 6.20 Å². The van der Waals surface area contributed by atoms with E-state index < -0.39 is 0 Å². The number of aryl methyl sites for hydroxylation is 2. The molecule has 0 fully saturated rings. The summed E-state index contributed by atoms with van der Waals surface area (Å²) < 4.78 is 5.79.